The summed E-state index contributed by atoms with van der Waals surface area (Å²) < 4.78 is 46.3. The molecule has 0 radical (unpaired) electrons. The van der Waals surface area contributed by atoms with Gasteiger partial charge in [0.25, 0.3) is 0 Å². The molecule has 168 valence electrons. The zero-order chi connectivity index (χ0) is 22.1. The predicted molar refractivity (Wildman–Crippen MR) is 107 cm³/mol. The summed E-state index contributed by atoms with van der Waals surface area (Å²) in [5, 5.41) is 9.71. The second-order valence-corrected chi connectivity index (χ2v) is 9.46. The lowest BCUT2D eigenvalue weighted by Crippen LogP contribution is -2.53. The molecule has 1 aromatic rings. The Hall–Kier alpha value is -1.80. The molecule has 2 fully saturated rings. The molecule has 8 heteroatoms. The molecule has 1 aromatic carbocycles. The number of nitrogens with zero attached hydrogens (tertiary/aromatic N) is 2. The molecular formula is C22H31F3N2O3. The quantitative estimate of drug-likeness (QED) is 0.738. The van der Waals surface area contributed by atoms with E-state index in [1.807, 2.05) is 20.8 Å². The standard InChI is InChI=1S/C22H31F3N2O3/c1-21(2,3)19-18(8-10-27(19)20(28)29)26(12-15-9-11-30-14-15)13-16-6-4-5-7-17(16)22(23,24)25/h4-7,15,18-19H,8-14H2,1-3H3,(H,28,29)/t15?,18-,19?/m0/s1. The summed E-state index contributed by atoms with van der Waals surface area (Å²) in [6.07, 6.45) is -3.93. The van der Waals surface area contributed by atoms with Crippen LogP contribution in [0.1, 0.15) is 44.7 Å². The number of hydrogen-bond donors (Lipinski definition) is 1. The van der Waals surface area contributed by atoms with E-state index in [1.165, 1.54) is 17.0 Å². The van der Waals surface area contributed by atoms with Gasteiger partial charge in [-0.25, -0.2) is 4.79 Å². The first-order valence-electron chi connectivity index (χ1n) is 10.4. The van der Waals surface area contributed by atoms with Gasteiger partial charge in [0.2, 0.25) is 0 Å². The molecule has 2 heterocycles. The SMILES string of the molecule is CC(C)(C)C1[C@@H](N(Cc2ccccc2C(F)(F)F)CC2CCOC2)CCN1C(=O)O. The first kappa shape index (κ1) is 22.9. The van der Waals surface area contributed by atoms with Gasteiger partial charge in [-0.1, -0.05) is 39.0 Å². The summed E-state index contributed by atoms with van der Waals surface area (Å²) in [6, 6.07) is 5.23. The summed E-state index contributed by atoms with van der Waals surface area (Å²) in [7, 11) is 0. The highest BCUT2D eigenvalue weighted by Crippen LogP contribution is 2.38. The number of rotatable bonds is 5. The molecule has 2 aliphatic heterocycles. The van der Waals surface area contributed by atoms with E-state index < -0.39 is 17.8 Å². The number of carbonyl (C=O) groups is 1. The number of benzene rings is 1. The minimum Gasteiger partial charge on any atom is -0.465 e. The van der Waals surface area contributed by atoms with Crippen LogP contribution in [0.2, 0.25) is 0 Å². The van der Waals surface area contributed by atoms with Crippen molar-refractivity contribution in [1.29, 1.82) is 0 Å². The summed E-state index contributed by atoms with van der Waals surface area (Å²) in [5.41, 5.74) is -0.739. The minimum atomic E-state index is -4.43. The fraction of sp³-hybridized carbons (Fsp3) is 0.682. The van der Waals surface area contributed by atoms with Gasteiger partial charge in [-0.2, -0.15) is 13.2 Å². The van der Waals surface area contributed by atoms with E-state index >= 15 is 0 Å². The maximum Gasteiger partial charge on any atom is 0.416 e. The summed E-state index contributed by atoms with van der Waals surface area (Å²) in [5.74, 6) is 0.238. The third-order valence-electron chi connectivity index (χ3n) is 6.18. The molecule has 0 aromatic heterocycles. The molecule has 2 aliphatic rings. The molecule has 0 bridgehead atoms. The molecule has 1 N–H and O–H groups in total. The number of likely N-dealkylation sites (tertiary alicyclic amines) is 1. The predicted octanol–water partition coefficient (Wildman–Crippen LogP) is 4.71. The summed E-state index contributed by atoms with van der Waals surface area (Å²) >= 11 is 0. The molecule has 5 nitrogen and oxygen atoms in total. The number of carboxylic acid groups (broad SMARTS) is 1. The Labute approximate surface area is 175 Å². The van der Waals surface area contributed by atoms with Gasteiger partial charge in [-0.05, 0) is 35.8 Å². The molecule has 3 rings (SSSR count). The molecule has 1 amide bonds. The van der Waals surface area contributed by atoms with Crippen LogP contribution in [0, 0.1) is 11.3 Å². The Morgan fingerprint density at radius 1 is 1.23 bits per heavy atom. The van der Waals surface area contributed by atoms with Crippen molar-refractivity contribution < 1.29 is 27.8 Å². The van der Waals surface area contributed by atoms with Crippen LogP contribution in [0.25, 0.3) is 0 Å². The van der Waals surface area contributed by atoms with E-state index in [0.717, 1.165) is 12.5 Å². The fourth-order valence-corrected chi connectivity index (χ4v) is 4.95. The van der Waals surface area contributed by atoms with Crippen LogP contribution < -0.4 is 0 Å². The van der Waals surface area contributed by atoms with Crippen LogP contribution in [-0.4, -0.2) is 59.4 Å². The first-order chi connectivity index (χ1) is 14.0. The van der Waals surface area contributed by atoms with Crippen molar-refractivity contribution in [3.8, 4) is 0 Å². The van der Waals surface area contributed by atoms with E-state index in [1.54, 1.807) is 6.07 Å². The van der Waals surface area contributed by atoms with Gasteiger partial charge in [0.15, 0.2) is 0 Å². The van der Waals surface area contributed by atoms with Crippen LogP contribution in [0.4, 0.5) is 18.0 Å². The normalized spacial score (nSPS) is 25.3. The average Bonchev–Trinajstić information content (AvgIpc) is 3.30. The number of halogens is 3. The van der Waals surface area contributed by atoms with Crippen molar-refractivity contribution >= 4 is 6.09 Å². The van der Waals surface area contributed by atoms with E-state index in [-0.39, 0.29) is 35.5 Å². The van der Waals surface area contributed by atoms with Gasteiger partial charge >= 0.3 is 12.3 Å². The third kappa shape index (κ3) is 5.09. The van der Waals surface area contributed by atoms with Crippen LogP contribution in [0.15, 0.2) is 24.3 Å². The lowest BCUT2D eigenvalue weighted by molar-refractivity contribution is -0.138. The highest BCUT2D eigenvalue weighted by molar-refractivity contribution is 5.66. The molecule has 2 saturated heterocycles. The summed E-state index contributed by atoms with van der Waals surface area (Å²) in [4.78, 5) is 15.4. The highest BCUT2D eigenvalue weighted by atomic mass is 19.4. The van der Waals surface area contributed by atoms with Crippen LogP contribution >= 0.6 is 0 Å². The van der Waals surface area contributed by atoms with Crippen molar-refractivity contribution in [1.82, 2.24) is 9.80 Å². The largest absolute Gasteiger partial charge is 0.465 e. The molecule has 30 heavy (non-hydrogen) atoms. The lowest BCUT2D eigenvalue weighted by Gasteiger charge is -2.42. The second-order valence-electron chi connectivity index (χ2n) is 9.46. The number of hydrogen-bond acceptors (Lipinski definition) is 3. The minimum absolute atomic E-state index is 0.136. The monoisotopic (exact) mass is 428 g/mol. The van der Waals surface area contributed by atoms with Crippen molar-refractivity contribution in [2.24, 2.45) is 11.3 Å². The Morgan fingerprint density at radius 3 is 2.50 bits per heavy atom. The Morgan fingerprint density at radius 2 is 1.93 bits per heavy atom. The molecule has 0 saturated carbocycles. The zero-order valence-corrected chi connectivity index (χ0v) is 17.8. The van der Waals surface area contributed by atoms with Gasteiger partial charge in [0.1, 0.15) is 0 Å². The molecule has 0 spiro atoms. The van der Waals surface area contributed by atoms with Gasteiger partial charge in [0.05, 0.1) is 18.2 Å². The van der Waals surface area contributed by atoms with E-state index in [0.29, 0.717) is 32.7 Å². The van der Waals surface area contributed by atoms with Gasteiger partial charge in [0, 0.05) is 32.3 Å². The van der Waals surface area contributed by atoms with E-state index in [9.17, 15) is 23.1 Å². The number of ether oxygens (including phenoxy) is 1. The summed E-state index contributed by atoms with van der Waals surface area (Å²) in [6.45, 7) is 8.35. The fourth-order valence-electron chi connectivity index (χ4n) is 4.95. The zero-order valence-electron chi connectivity index (χ0n) is 17.8. The smallest absolute Gasteiger partial charge is 0.416 e. The van der Waals surface area contributed by atoms with Gasteiger partial charge in [-0.15, -0.1) is 0 Å². The molecule has 2 unspecified atom stereocenters. The molecular weight excluding hydrogens is 397 g/mol. The van der Waals surface area contributed by atoms with Crippen molar-refractivity contribution in [2.45, 2.75) is 58.4 Å². The van der Waals surface area contributed by atoms with Crippen LogP contribution in [-0.2, 0) is 17.5 Å². The number of amides is 1. The number of alkyl halides is 3. The Balaban J connectivity index is 1.94. The highest BCUT2D eigenvalue weighted by Gasteiger charge is 2.47. The topological polar surface area (TPSA) is 53.0 Å². The Bertz CT molecular complexity index is 742. The Kier molecular flexibility index (Phi) is 6.67. The average molecular weight is 428 g/mol. The third-order valence-corrected chi connectivity index (χ3v) is 6.18. The second kappa shape index (κ2) is 8.75. The van der Waals surface area contributed by atoms with E-state index in [4.69, 9.17) is 4.74 Å². The molecule has 0 aliphatic carbocycles. The molecule has 3 atom stereocenters. The van der Waals surface area contributed by atoms with Crippen molar-refractivity contribution in [3.63, 3.8) is 0 Å². The maximum absolute atomic E-state index is 13.6. The van der Waals surface area contributed by atoms with E-state index in [2.05, 4.69) is 4.90 Å². The van der Waals surface area contributed by atoms with Crippen LogP contribution in [0.3, 0.4) is 0 Å². The van der Waals surface area contributed by atoms with Gasteiger partial charge in [-0.3, -0.25) is 4.90 Å². The van der Waals surface area contributed by atoms with Crippen molar-refractivity contribution in [3.05, 3.63) is 35.4 Å². The van der Waals surface area contributed by atoms with Gasteiger partial charge < -0.3 is 14.7 Å². The lowest BCUT2D eigenvalue weighted by atomic mass is 9.81. The van der Waals surface area contributed by atoms with Crippen LogP contribution in [0.5, 0.6) is 0 Å². The maximum atomic E-state index is 13.6. The van der Waals surface area contributed by atoms with Crippen molar-refractivity contribution in [2.75, 3.05) is 26.3 Å². The first-order valence-corrected chi connectivity index (χ1v) is 10.4.